The van der Waals surface area contributed by atoms with E-state index in [4.69, 9.17) is 5.11 Å². The summed E-state index contributed by atoms with van der Waals surface area (Å²) in [6, 6.07) is 9.83. The van der Waals surface area contributed by atoms with Gasteiger partial charge in [0.1, 0.15) is 0 Å². The molecule has 0 bridgehead atoms. The van der Waals surface area contributed by atoms with E-state index in [9.17, 15) is 0 Å². The topological polar surface area (TPSA) is 38.0 Å². The third-order valence-corrected chi connectivity index (χ3v) is 2.12. The van der Waals surface area contributed by atoms with Gasteiger partial charge in [0, 0.05) is 19.0 Å². The number of rotatable bonds is 3. The average molecular weight is 188 g/mol. The highest BCUT2D eigenvalue weighted by atomic mass is 16.2. The summed E-state index contributed by atoms with van der Waals surface area (Å²) < 4.78 is 1.81. The highest BCUT2D eigenvalue weighted by molar-refractivity contribution is 5.40. The van der Waals surface area contributed by atoms with Crippen LogP contribution in [0.3, 0.4) is 0 Å². The van der Waals surface area contributed by atoms with E-state index >= 15 is 0 Å². The van der Waals surface area contributed by atoms with Crippen LogP contribution in [0, 0.1) is 0 Å². The van der Waals surface area contributed by atoms with Crippen molar-refractivity contribution in [1.82, 2.24) is 9.78 Å². The standard InChI is InChI=1S/C11H12N2O/c14-9-6-10-4-1-2-5-11(10)13-8-3-7-12-13/h1-5,7-8,14H,6,9H2. The third kappa shape index (κ3) is 1.67. The van der Waals surface area contributed by atoms with Crippen LogP contribution in [-0.2, 0) is 6.42 Å². The first kappa shape index (κ1) is 8.97. The first-order chi connectivity index (χ1) is 6.92. The van der Waals surface area contributed by atoms with Gasteiger partial charge in [0.2, 0.25) is 0 Å². The van der Waals surface area contributed by atoms with Gasteiger partial charge in [-0.2, -0.15) is 5.10 Å². The minimum absolute atomic E-state index is 0.165. The molecule has 0 aliphatic rings. The fourth-order valence-electron chi connectivity index (χ4n) is 1.48. The average Bonchev–Trinajstić information content (AvgIpc) is 2.72. The number of nitrogens with zero attached hydrogens (tertiary/aromatic N) is 2. The molecule has 1 aromatic heterocycles. The van der Waals surface area contributed by atoms with Gasteiger partial charge in [0.05, 0.1) is 5.69 Å². The highest BCUT2D eigenvalue weighted by Crippen LogP contribution is 2.13. The fraction of sp³-hybridized carbons (Fsp3) is 0.182. The Bertz CT molecular complexity index is 395. The van der Waals surface area contributed by atoms with Crippen molar-refractivity contribution in [3.63, 3.8) is 0 Å². The molecule has 3 heteroatoms. The highest BCUT2D eigenvalue weighted by Gasteiger charge is 2.02. The number of para-hydroxylation sites is 1. The SMILES string of the molecule is OCCc1ccccc1-n1cccn1. The first-order valence-corrected chi connectivity index (χ1v) is 4.60. The largest absolute Gasteiger partial charge is 0.396 e. The number of aliphatic hydroxyl groups excluding tert-OH is 1. The number of benzene rings is 1. The quantitative estimate of drug-likeness (QED) is 0.790. The van der Waals surface area contributed by atoms with E-state index in [0.717, 1.165) is 11.3 Å². The maximum absolute atomic E-state index is 8.91. The van der Waals surface area contributed by atoms with Crippen molar-refractivity contribution in [3.8, 4) is 5.69 Å². The maximum Gasteiger partial charge on any atom is 0.0678 e. The van der Waals surface area contributed by atoms with Gasteiger partial charge in [0.25, 0.3) is 0 Å². The molecule has 0 unspecified atom stereocenters. The molecule has 0 amide bonds. The van der Waals surface area contributed by atoms with Crippen molar-refractivity contribution in [2.24, 2.45) is 0 Å². The molecule has 0 saturated heterocycles. The lowest BCUT2D eigenvalue weighted by Gasteiger charge is -2.07. The van der Waals surface area contributed by atoms with Crippen molar-refractivity contribution in [1.29, 1.82) is 0 Å². The van der Waals surface area contributed by atoms with Gasteiger partial charge in [-0.05, 0) is 24.1 Å². The molecule has 2 aromatic rings. The Balaban J connectivity index is 2.42. The maximum atomic E-state index is 8.91. The zero-order chi connectivity index (χ0) is 9.80. The minimum atomic E-state index is 0.165. The van der Waals surface area contributed by atoms with Crippen LogP contribution < -0.4 is 0 Å². The van der Waals surface area contributed by atoms with Crippen LogP contribution in [0.1, 0.15) is 5.56 Å². The molecular formula is C11H12N2O. The molecule has 14 heavy (non-hydrogen) atoms. The molecule has 0 radical (unpaired) electrons. The van der Waals surface area contributed by atoms with Crippen LogP contribution in [0.25, 0.3) is 5.69 Å². The summed E-state index contributed by atoms with van der Waals surface area (Å²) in [6.07, 6.45) is 4.31. The van der Waals surface area contributed by atoms with Crippen LogP contribution >= 0.6 is 0 Å². The summed E-state index contributed by atoms with van der Waals surface area (Å²) in [5, 5.41) is 13.1. The minimum Gasteiger partial charge on any atom is -0.396 e. The smallest absolute Gasteiger partial charge is 0.0678 e. The van der Waals surface area contributed by atoms with E-state index in [-0.39, 0.29) is 6.61 Å². The van der Waals surface area contributed by atoms with E-state index in [0.29, 0.717) is 6.42 Å². The zero-order valence-electron chi connectivity index (χ0n) is 7.80. The van der Waals surface area contributed by atoms with Crippen molar-refractivity contribution in [3.05, 3.63) is 48.3 Å². The monoisotopic (exact) mass is 188 g/mol. The van der Waals surface area contributed by atoms with Gasteiger partial charge >= 0.3 is 0 Å². The Hall–Kier alpha value is -1.61. The molecule has 0 fully saturated rings. The number of hydrogen-bond acceptors (Lipinski definition) is 2. The lowest BCUT2D eigenvalue weighted by atomic mass is 10.1. The molecule has 72 valence electrons. The van der Waals surface area contributed by atoms with Gasteiger partial charge in [0.15, 0.2) is 0 Å². The molecule has 0 spiro atoms. The van der Waals surface area contributed by atoms with Crippen LogP contribution in [0.4, 0.5) is 0 Å². The lowest BCUT2D eigenvalue weighted by molar-refractivity contribution is 0.299. The number of aromatic nitrogens is 2. The predicted octanol–water partition coefficient (Wildman–Crippen LogP) is 1.41. The van der Waals surface area contributed by atoms with Crippen LogP contribution in [-0.4, -0.2) is 21.5 Å². The molecule has 0 saturated carbocycles. The van der Waals surface area contributed by atoms with Crippen molar-refractivity contribution in [2.75, 3.05) is 6.61 Å². The zero-order valence-corrected chi connectivity index (χ0v) is 7.80. The van der Waals surface area contributed by atoms with Crippen molar-refractivity contribution < 1.29 is 5.11 Å². The summed E-state index contributed by atoms with van der Waals surface area (Å²) in [5.41, 5.74) is 2.14. The van der Waals surface area contributed by atoms with E-state index in [1.165, 1.54) is 0 Å². The Morgan fingerprint density at radius 2 is 2.07 bits per heavy atom. The number of aliphatic hydroxyl groups is 1. The Morgan fingerprint density at radius 1 is 1.21 bits per heavy atom. The molecule has 2 rings (SSSR count). The van der Waals surface area contributed by atoms with E-state index in [1.54, 1.807) is 6.20 Å². The van der Waals surface area contributed by atoms with Gasteiger partial charge in [-0.3, -0.25) is 0 Å². The molecule has 1 heterocycles. The summed E-state index contributed by atoms with van der Waals surface area (Å²) >= 11 is 0. The van der Waals surface area contributed by atoms with Gasteiger partial charge in [-0.15, -0.1) is 0 Å². The van der Waals surface area contributed by atoms with Gasteiger partial charge in [-0.25, -0.2) is 4.68 Å². The molecule has 0 aliphatic heterocycles. The fourth-order valence-corrected chi connectivity index (χ4v) is 1.48. The predicted molar refractivity (Wildman–Crippen MR) is 54.4 cm³/mol. The Morgan fingerprint density at radius 3 is 2.79 bits per heavy atom. The van der Waals surface area contributed by atoms with Gasteiger partial charge < -0.3 is 5.11 Å². The normalized spacial score (nSPS) is 10.4. The summed E-state index contributed by atoms with van der Waals surface area (Å²) in [7, 11) is 0. The molecule has 1 N–H and O–H groups in total. The molecular weight excluding hydrogens is 176 g/mol. The second kappa shape index (κ2) is 4.07. The molecule has 3 nitrogen and oxygen atoms in total. The second-order valence-corrected chi connectivity index (χ2v) is 3.05. The molecule has 0 aliphatic carbocycles. The van der Waals surface area contributed by atoms with Crippen molar-refractivity contribution in [2.45, 2.75) is 6.42 Å². The number of hydrogen-bond donors (Lipinski definition) is 1. The lowest BCUT2D eigenvalue weighted by Crippen LogP contribution is -2.01. The third-order valence-electron chi connectivity index (χ3n) is 2.12. The van der Waals surface area contributed by atoms with Gasteiger partial charge in [-0.1, -0.05) is 18.2 Å². The van der Waals surface area contributed by atoms with E-state index in [1.807, 2.05) is 41.2 Å². The van der Waals surface area contributed by atoms with E-state index in [2.05, 4.69) is 5.10 Å². The van der Waals surface area contributed by atoms with E-state index < -0.39 is 0 Å². The van der Waals surface area contributed by atoms with Crippen LogP contribution in [0.2, 0.25) is 0 Å². The second-order valence-electron chi connectivity index (χ2n) is 3.05. The Kier molecular flexibility index (Phi) is 2.60. The molecule has 1 aromatic carbocycles. The van der Waals surface area contributed by atoms with Crippen LogP contribution in [0.5, 0.6) is 0 Å². The van der Waals surface area contributed by atoms with Crippen LogP contribution in [0.15, 0.2) is 42.7 Å². The summed E-state index contributed by atoms with van der Waals surface area (Å²) in [4.78, 5) is 0. The molecule has 0 atom stereocenters. The summed E-state index contributed by atoms with van der Waals surface area (Å²) in [6.45, 7) is 0.165. The van der Waals surface area contributed by atoms with Crippen molar-refractivity contribution >= 4 is 0 Å². The first-order valence-electron chi connectivity index (χ1n) is 4.60. The summed E-state index contributed by atoms with van der Waals surface area (Å²) in [5.74, 6) is 0. The Labute approximate surface area is 82.6 Å².